The Kier molecular flexibility index (Phi) is 5.91. The van der Waals surface area contributed by atoms with Crippen molar-refractivity contribution >= 4 is 21.4 Å². The van der Waals surface area contributed by atoms with Crippen molar-refractivity contribution in [2.45, 2.75) is 10.8 Å². The SMILES string of the molecule is CN(C)CCN(Cc1cccc(C#N)c1)S(=O)(=O)c1cccs1. The number of hydrogen-bond acceptors (Lipinski definition) is 5. The molecule has 7 heteroatoms. The van der Waals surface area contributed by atoms with Gasteiger partial charge in [0.15, 0.2) is 0 Å². The van der Waals surface area contributed by atoms with Crippen LogP contribution in [0.3, 0.4) is 0 Å². The third kappa shape index (κ3) is 4.62. The van der Waals surface area contributed by atoms with Crippen molar-refractivity contribution in [3.05, 3.63) is 52.9 Å². The van der Waals surface area contributed by atoms with Crippen molar-refractivity contribution in [2.24, 2.45) is 0 Å². The van der Waals surface area contributed by atoms with Gasteiger partial charge in [-0.15, -0.1) is 11.3 Å². The van der Waals surface area contributed by atoms with Crippen LogP contribution in [0.2, 0.25) is 0 Å². The molecule has 5 nitrogen and oxygen atoms in total. The summed E-state index contributed by atoms with van der Waals surface area (Å²) in [6.07, 6.45) is 0. The number of sulfonamides is 1. The summed E-state index contributed by atoms with van der Waals surface area (Å²) in [5, 5.41) is 10.8. The van der Waals surface area contributed by atoms with Crippen molar-refractivity contribution in [3.8, 4) is 6.07 Å². The zero-order valence-corrected chi connectivity index (χ0v) is 14.8. The molecule has 0 aliphatic heterocycles. The molecule has 1 aromatic carbocycles. The number of nitrogens with zero attached hydrogens (tertiary/aromatic N) is 3. The lowest BCUT2D eigenvalue weighted by atomic mass is 10.1. The van der Waals surface area contributed by atoms with E-state index in [2.05, 4.69) is 6.07 Å². The fraction of sp³-hybridized carbons (Fsp3) is 0.312. The predicted molar refractivity (Wildman–Crippen MR) is 91.6 cm³/mol. The highest BCUT2D eigenvalue weighted by Gasteiger charge is 2.25. The maximum atomic E-state index is 12.8. The molecule has 1 aromatic heterocycles. The van der Waals surface area contributed by atoms with Crippen LogP contribution in [0.1, 0.15) is 11.1 Å². The second-order valence-corrected chi connectivity index (χ2v) is 8.50. The smallest absolute Gasteiger partial charge is 0.252 e. The number of hydrogen-bond donors (Lipinski definition) is 0. The Morgan fingerprint density at radius 2 is 1.96 bits per heavy atom. The summed E-state index contributed by atoms with van der Waals surface area (Å²) in [4.78, 5) is 1.95. The summed E-state index contributed by atoms with van der Waals surface area (Å²) in [7, 11) is 0.289. The molecule has 0 saturated heterocycles. The first-order valence-corrected chi connectivity index (χ1v) is 9.43. The normalized spacial score (nSPS) is 11.8. The topological polar surface area (TPSA) is 64.4 Å². The summed E-state index contributed by atoms with van der Waals surface area (Å²) >= 11 is 1.22. The van der Waals surface area contributed by atoms with Gasteiger partial charge in [-0.3, -0.25) is 0 Å². The minimum atomic E-state index is -3.53. The average Bonchev–Trinajstić information content (AvgIpc) is 3.06. The van der Waals surface area contributed by atoms with Crippen LogP contribution < -0.4 is 0 Å². The quantitative estimate of drug-likeness (QED) is 0.770. The van der Waals surface area contributed by atoms with Gasteiger partial charge in [0.2, 0.25) is 0 Å². The Morgan fingerprint density at radius 3 is 2.57 bits per heavy atom. The lowest BCUT2D eigenvalue weighted by molar-refractivity contribution is 0.330. The van der Waals surface area contributed by atoms with Gasteiger partial charge in [-0.2, -0.15) is 9.57 Å². The minimum absolute atomic E-state index is 0.254. The van der Waals surface area contributed by atoms with Gasteiger partial charge in [-0.25, -0.2) is 8.42 Å². The monoisotopic (exact) mass is 349 g/mol. The number of thiophene rings is 1. The van der Waals surface area contributed by atoms with Gasteiger partial charge in [0, 0.05) is 19.6 Å². The zero-order chi connectivity index (χ0) is 16.9. The van der Waals surface area contributed by atoms with Crippen LogP contribution in [0.25, 0.3) is 0 Å². The Labute approximate surface area is 141 Å². The van der Waals surface area contributed by atoms with Gasteiger partial charge in [0.05, 0.1) is 11.6 Å². The fourth-order valence-corrected chi connectivity index (χ4v) is 4.64. The van der Waals surface area contributed by atoms with Crippen LogP contribution in [0.4, 0.5) is 0 Å². The Balaban J connectivity index is 2.29. The van der Waals surface area contributed by atoms with E-state index in [1.807, 2.05) is 25.1 Å². The van der Waals surface area contributed by atoms with Crippen LogP contribution in [-0.4, -0.2) is 44.8 Å². The second-order valence-electron chi connectivity index (χ2n) is 5.39. The minimum Gasteiger partial charge on any atom is -0.308 e. The third-order valence-electron chi connectivity index (χ3n) is 3.30. The highest BCUT2D eigenvalue weighted by Crippen LogP contribution is 2.22. The molecule has 0 bridgehead atoms. The molecule has 122 valence electrons. The number of nitriles is 1. The molecule has 0 spiro atoms. The lowest BCUT2D eigenvalue weighted by Gasteiger charge is -2.23. The average molecular weight is 349 g/mol. The zero-order valence-electron chi connectivity index (χ0n) is 13.1. The number of benzene rings is 1. The third-order valence-corrected chi connectivity index (χ3v) is 6.52. The summed E-state index contributed by atoms with van der Waals surface area (Å²) < 4.78 is 27.4. The standard InChI is InChI=1S/C16H19N3O2S2/c1-18(2)8-9-19(23(20,21)16-7-4-10-22-16)13-15-6-3-5-14(11-15)12-17/h3-7,10-11H,8-9,13H2,1-2H3. The summed E-state index contributed by atoms with van der Waals surface area (Å²) in [5.74, 6) is 0. The van der Waals surface area contributed by atoms with Crippen LogP contribution >= 0.6 is 11.3 Å². The first kappa shape index (κ1) is 17.6. The Morgan fingerprint density at radius 1 is 1.17 bits per heavy atom. The number of rotatable bonds is 7. The fourth-order valence-electron chi connectivity index (χ4n) is 2.08. The second kappa shape index (κ2) is 7.70. The molecule has 0 radical (unpaired) electrons. The largest absolute Gasteiger partial charge is 0.308 e. The van der Waals surface area contributed by atoms with Crippen molar-refractivity contribution in [1.29, 1.82) is 5.26 Å². The van der Waals surface area contributed by atoms with Gasteiger partial charge >= 0.3 is 0 Å². The van der Waals surface area contributed by atoms with Crippen LogP contribution in [-0.2, 0) is 16.6 Å². The van der Waals surface area contributed by atoms with E-state index in [1.54, 1.807) is 35.7 Å². The van der Waals surface area contributed by atoms with E-state index in [4.69, 9.17) is 5.26 Å². The number of likely N-dealkylation sites (N-methyl/N-ethyl adjacent to an activating group) is 1. The maximum Gasteiger partial charge on any atom is 0.252 e. The van der Waals surface area contributed by atoms with Crippen molar-refractivity contribution < 1.29 is 8.42 Å². The molecule has 2 rings (SSSR count). The molecule has 0 saturated carbocycles. The molecule has 2 aromatic rings. The lowest BCUT2D eigenvalue weighted by Crippen LogP contribution is -2.36. The molecule has 0 unspecified atom stereocenters. The van der Waals surface area contributed by atoms with E-state index in [0.717, 1.165) is 5.56 Å². The molecule has 0 N–H and O–H groups in total. The van der Waals surface area contributed by atoms with Gasteiger partial charge < -0.3 is 4.90 Å². The summed E-state index contributed by atoms with van der Waals surface area (Å²) in [5.41, 5.74) is 1.34. The van der Waals surface area contributed by atoms with E-state index >= 15 is 0 Å². The molecular formula is C16H19N3O2S2. The first-order chi connectivity index (χ1) is 10.9. The van der Waals surface area contributed by atoms with E-state index in [9.17, 15) is 8.42 Å². The Hall–Kier alpha value is -1.72. The van der Waals surface area contributed by atoms with Gasteiger partial charge in [0.1, 0.15) is 4.21 Å². The summed E-state index contributed by atoms with van der Waals surface area (Å²) in [6, 6.07) is 12.5. The molecule has 23 heavy (non-hydrogen) atoms. The highest BCUT2D eigenvalue weighted by molar-refractivity contribution is 7.91. The van der Waals surface area contributed by atoms with E-state index < -0.39 is 10.0 Å². The molecule has 0 fully saturated rings. The van der Waals surface area contributed by atoms with Crippen molar-refractivity contribution in [1.82, 2.24) is 9.21 Å². The van der Waals surface area contributed by atoms with Crippen molar-refractivity contribution in [2.75, 3.05) is 27.2 Å². The van der Waals surface area contributed by atoms with E-state index in [0.29, 0.717) is 22.9 Å². The predicted octanol–water partition coefficient (Wildman–Crippen LogP) is 2.37. The molecule has 0 atom stereocenters. The molecular weight excluding hydrogens is 330 g/mol. The van der Waals surface area contributed by atoms with Crippen LogP contribution in [0.15, 0.2) is 46.0 Å². The van der Waals surface area contributed by atoms with Gasteiger partial charge in [-0.1, -0.05) is 18.2 Å². The maximum absolute atomic E-state index is 12.8. The molecule has 0 amide bonds. The van der Waals surface area contributed by atoms with E-state index in [-0.39, 0.29) is 6.54 Å². The van der Waals surface area contributed by atoms with Crippen molar-refractivity contribution in [3.63, 3.8) is 0 Å². The van der Waals surface area contributed by atoms with Gasteiger partial charge in [0.25, 0.3) is 10.0 Å². The highest BCUT2D eigenvalue weighted by atomic mass is 32.2. The molecule has 0 aliphatic carbocycles. The molecule has 1 heterocycles. The summed E-state index contributed by atoms with van der Waals surface area (Å²) in [6.45, 7) is 1.27. The Bertz CT molecular complexity index is 778. The first-order valence-electron chi connectivity index (χ1n) is 7.11. The van der Waals surface area contributed by atoms with E-state index in [1.165, 1.54) is 15.6 Å². The van der Waals surface area contributed by atoms with Crippen LogP contribution in [0.5, 0.6) is 0 Å². The van der Waals surface area contributed by atoms with Crippen LogP contribution in [0, 0.1) is 11.3 Å². The molecule has 0 aliphatic rings. The van der Waals surface area contributed by atoms with Gasteiger partial charge in [-0.05, 0) is 43.2 Å².